The van der Waals surface area contributed by atoms with E-state index >= 15 is 0 Å². The van der Waals surface area contributed by atoms with Crippen LogP contribution in [0.2, 0.25) is 0 Å². The Labute approximate surface area is 189 Å². The molecule has 0 bridgehead atoms. The highest BCUT2D eigenvalue weighted by atomic mass is 16.7. The maximum Gasteiger partial charge on any atom is 0.494 e. The number of carbonyl (C=O) groups is 1. The Morgan fingerprint density at radius 1 is 1.13 bits per heavy atom. The minimum Gasteiger partial charge on any atom is -0.443 e. The lowest BCUT2D eigenvalue weighted by molar-refractivity contribution is -0.0223. The van der Waals surface area contributed by atoms with E-state index < -0.39 is 18.3 Å². The van der Waals surface area contributed by atoms with Gasteiger partial charge in [0.25, 0.3) is 0 Å². The Morgan fingerprint density at radius 3 is 2.42 bits per heavy atom. The van der Waals surface area contributed by atoms with Crippen LogP contribution in [0.5, 0.6) is 0 Å². The number of carbonyl (C=O) groups excluding carboxylic acids is 1. The molecule has 0 radical (unpaired) electrons. The monoisotopic (exact) mass is 429 g/mol. The van der Waals surface area contributed by atoms with Gasteiger partial charge in [0, 0.05) is 12.2 Å². The summed E-state index contributed by atoms with van der Waals surface area (Å²) in [5.41, 5.74) is 1.93. The third-order valence-corrected chi connectivity index (χ3v) is 6.51. The highest BCUT2D eigenvalue weighted by Gasteiger charge is 2.54. The molecule has 1 atom stereocenters. The highest BCUT2D eigenvalue weighted by Crippen LogP contribution is 2.42. The second-order valence-electron chi connectivity index (χ2n) is 12.0. The fourth-order valence-electron chi connectivity index (χ4n) is 4.15. The predicted molar refractivity (Wildman–Crippen MR) is 127 cm³/mol. The summed E-state index contributed by atoms with van der Waals surface area (Å²) < 4.78 is 18.6. The number of hydrogen-bond donors (Lipinski definition) is 0. The molecule has 1 unspecified atom stereocenters. The van der Waals surface area contributed by atoms with Gasteiger partial charge in [0.05, 0.1) is 11.2 Å². The summed E-state index contributed by atoms with van der Waals surface area (Å²) in [6.45, 7) is 19.5. The van der Waals surface area contributed by atoms with Crippen LogP contribution in [0.15, 0.2) is 18.2 Å². The van der Waals surface area contributed by atoms with Crippen LogP contribution in [0, 0.1) is 5.41 Å². The van der Waals surface area contributed by atoms with E-state index in [4.69, 9.17) is 14.0 Å². The summed E-state index contributed by atoms with van der Waals surface area (Å²) in [6, 6.07) is 6.23. The lowest BCUT2D eigenvalue weighted by Crippen LogP contribution is -2.45. The number of aryl methyl sites for hydroxylation is 1. The molecule has 0 spiro atoms. The summed E-state index contributed by atoms with van der Waals surface area (Å²) in [5, 5.41) is 0. The zero-order chi connectivity index (χ0) is 23.2. The van der Waals surface area contributed by atoms with Crippen LogP contribution in [0.3, 0.4) is 0 Å². The molecule has 1 amide bonds. The molecule has 0 aliphatic carbocycles. The first-order valence-corrected chi connectivity index (χ1v) is 11.6. The topological polar surface area (TPSA) is 48.0 Å². The first-order valence-electron chi connectivity index (χ1n) is 11.6. The molecule has 2 heterocycles. The van der Waals surface area contributed by atoms with Gasteiger partial charge in [-0.25, -0.2) is 4.79 Å². The maximum atomic E-state index is 12.8. The predicted octanol–water partition coefficient (Wildman–Crippen LogP) is 5.48. The number of benzene rings is 1. The molecule has 0 N–H and O–H groups in total. The van der Waals surface area contributed by atoms with Crippen LogP contribution in [-0.4, -0.2) is 36.6 Å². The van der Waals surface area contributed by atoms with E-state index in [0.717, 1.165) is 42.4 Å². The summed E-state index contributed by atoms with van der Waals surface area (Å²) in [4.78, 5) is 14.6. The number of rotatable bonds is 3. The average Bonchev–Trinajstić information content (AvgIpc) is 2.87. The van der Waals surface area contributed by atoms with E-state index in [0.29, 0.717) is 6.54 Å². The van der Waals surface area contributed by atoms with Crippen molar-refractivity contribution < 1.29 is 18.8 Å². The van der Waals surface area contributed by atoms with E-state index in [1.54, 1.807) is 4.90 Å². The molecule has 1 aromatic carbocycles. The molecule has 2 aliphatic rings. The van der Waals surface area contributed by atoms with Crippen LogP contribution in [0.4, 0.5) is 10.5 Å². The highest BCUT2D eigenvalue weighted by molar-refractivity contribution is 6.62. The molecule has 1 aromatic rings. The summed E-state index contributed by atoms with van der Waals surface area (Å²) >= 11 is 0. The quantitative estimate of drug-likeness (QED) is 0.597. The van der Waals surface area contributed by atoms with Gasteiger partial charge in [-0.2, -0.15) is 0 Å². The Balaban J connectivity index is 1.85. The summed E-state index contributed by atoms with van der Waals surface area (Å²) in [6.07, 6.45) is 3.57. The van der Waals surface area contributed by atoms with E-state index in [1.165, 1.54) is 0 Å². The van der Waals surface area contributed by atoms with Crippen LogP contribution in [0.1, 0.15) is 87.1 Å². The summed E-state index contributed by atoms with van der Waals surface area (Å²) in [7, 11) is -0.451. The number of nitrogens with zero attached hydrogens (tertiary/aromatic N) is 1. The van der Waals surface area contributed by atoms with E-state index in [-0.39, 0.29) is 17.1 Å². The minimum atomic E-state index is -0.525. The molecule has 1 saturated heterocycles. The molecule has 2 aliphatic heterocycles. The first kappa shape index (κ1) is 24.1. The fraction of sp³-hybridized carbons (Fsp3) is 0.720. The zero-order valence-electron chi connectivity index (χ0n) is 20.9. The number of fused-ring (bicyclic) bond motifs is 1. The van der Waals surface area contributed by atoms with Gasteiger partial charge in [-0.05, 0) is 89.7 Å². The van der Waals surface area contributed by atoms with Crippen LogP contribution < -0.4 is 10.4 Å². The molecule has 0 aromatic heterocycles. The van der Waals surface area contributed by atoms with Crippen LogP contribution in [-0.2, 0) is 20.5 Å². The second-order valence-corrected chi connectivity index (χ2v) is 12.0. The Hall–Kier alpha value is -1.53. The van der Waals surface area contributed by atoms with E-state index in [9.17, 15) is 4.79 Å². The normalized spacial score (nSPS) is 23.6. The fourth-order valence-corrected chi connectivity index (χ4v) is 4.15. The van der Waals surface area contributed by atoms with Crippen LogP contribution in [0.25, 0.3) is 0 Å². The average molecular weight is 429 g/mol. The Kier molecular flexibility index (Phi) is 6.31. The van der Waals surface area contributed by atoms with Crippen molar-refractivity contribution in [3.63, 3.8) is 0 Å². The van der Waals surface area contributed by atoms with Gasteiger partial charge in [0.2, 0.25) is 0 Å². The molecule has 0 saturated carbocycles. The van der Waals surface area contributed by atoms with Crippen LogP contribution >= 0.6 is 0 Å². The lowest BCUT2D eigenvalue weighted by atomic mass is 9.77. The van der Waals surface area contributed by atoms with Crippen molar-refractivity contribution in [3.05, 3.63) is 23.8 Å². The number of ether oxygens (including phenoxy) is 1. The Morgan fingerprint density at radius 2 is 1.81 bits per heavy atom. The molecular weight excluding hydrogens is 389 g/mol. The SMILES string of the molecule is CC(C)(C)CCC1(C)OB(c2ccc3c(c2)N(C(=O)OC(C)(C)C)CCC3)OC1(C)C. The third kappa shape index (κ3) is 5.46. The van der Waals surface area contributed by atoms with Crippen molar-refractivity contribution in [1.82, 2.24) is 0 Å². The molecule has 5 nitrogen and oxygen atoms in total. The van der Waals surface area contributed by atoms with Crippen molar-refractivity contribution in [1.29, 1.82) is 0 Å². The van der Waals surface area contributed by atoms with Crippen molar-refractivity contribution >= 4 is 24.4 Å². The number of hydrogen-bond acceptors (Lipinski definition) is 4. The van der Waals surface area contributed by atoms with Crippen molar-refractivity contribution in [3.8, 4) is 0 Å². The van der Waals surface area contributed by atoms with E-state index in [2.05, 4.69) is 59.7 Å². The number of amides is 1. The van der Waals surface area contributed by atoms with E-state index in [1.807, 2.05) is 20.8 Å². The Bertz CT molecular complexity index is 824. The molecule has 31 heavy (non-hydrogen) atoms. The standard InChI is InChI=1S/C25H40BNO4/c1-22(2,3)14-15-25(9)24(7,8)30-26(31-25)19-13-12-18-11-10-16-27(20(18)17-19)21(28)29-23(4,5)6/h12-13,17H,10-11,14-16H2,1-9H3. The summed E-state index contributed by atoms with van der Waals surface area (Å²) in [5.74, 6) is 0. The maximum absolute atomic E-state index is 12.8. The van der Waals surface area contributed by atoms with Crippen molar-refractivity contribution in [2.45, 2.75) is 105 Å². The molecular formula is C25H40BNO4. The van der Waals surface area contributed by atoms with Crippen molar-refractivity contribution in [2.75, 3.05) is 11.4 Å². The van der Waals surface area contributed by atoms with Gasteiger partial charge in [-0.3, -0.25) is 4.90 Å². The first-order chi connectivity index (χ1) is 14.1. The molecule has 172 valence electrons. The smallest absolute Gasteiger partial charge is 0.443 e. The zero-order valence-corrected chi connectivity index (χ0v) is 20.9. The molecule has 1 fully saturated rings. The molecule has 6 heteroatoms. The van der Waals surface area contributed by atoms with Gasteiger partial charge in [-0.15, -0.1) is 0 Å². The van der Waals surface area contributed by atoms with Gasteiger partial charge in [0.1, 0.15) is 5.60 Å². The van der Waals surface area contributed by atoms with Gasteiger partial charge in [-0.1, -0.05) is 32.9 Å². The van der Waals surface area contributed by atoms with Gasteiger partial charge >= 0.3 is 13.2 Å². The van der Waals surface area contributed by atoms with Gasteiger partial charge in [0.15, 0.2) is 0 Å². The minimum absolute atomic E-state index is 0.236. The second kappa shape index (κ2) is 8.11. The van der Waals surface area contributed by atoms with Crippen molar-refractivity contribution in [2.24, 2.45) is 5.41 Å². The largest absolute Gasteiger partial charge is 0.494 e. The third-order valence-electron chi connectivity index (χ3n) is 6.51. The van der Waals surface area contributed by atoms with Gasteiger partial charge < -0.3 is 14.0 Å². The number of anilines is 1. The molecule has 3 rings (SSSR count). The lowest BCUT2D eigenvalue weighted by Gasteiger charge is -2.38.